The molecule has 0 atom stereocenters. The van der Waals surface area contributed by atoms with E-state index in [2.05, 4.69) is 15.9 Å². The van der Waals surface area contributed by atoms with Crippen LogP contribution in [0.3, 0.4) is 0 Å². The lowest BCUT2D eigenvalue weighted by Crippen LogP contribution is -2.45. The Morgan fingerprint density at radius 3 is 2.56 bits per heavy atom. The van der Waals surface area contributed by atoms with Gasteiger partial charge in [0.2, 0.25) is 0 Å². The molecule has 5 heteroatoms. The van der Waals surface area contributed by atoms with Crippen molar-refractivity contribution in [3.8, 4) is 6.07 Å². The molecule has 0 unspecified atom stereocenters. The lowest BCUT2D eigenvalue weighted by Gasteiger charge is -2.33. The first-order chi connectivity index (χ1) is 8.69. The Bertz CT molecular complexity index is 450. The Hall–Kier alpha value is -1.15. The molecule has 0 aromatic heterocycles. The number of hydrogen-bond acceptors (Lipinski definition) is 3. The van der Waals surface area contributed by atoms with Crippen molar-refractivity contribution < 1.29 is 4.39 Å². The molecule has 1 aromatic carbocycles. The molecule has 1 saturated heterocycles. The van der Waals surface area contributed by atoms with Crippen LogP contribution >= 0.6 is 11.6 Å². The van der Waals surface area contributed by atoms with Gasteiger partial charge in [-0.25, -0.2) is 4.39 Å². The monoisotopic (exact) mass is 267 g/mol. The van der Waals surface area contributed by atoms with Crippen LogP contribution in [0.1, 0.15) is 5.56 Å². The van der Waals surface area contributed by atoms with Crippen LogP contribution in [-0.4, -0.2) is 42.5 Å². The number of hydrogen-bond donors (Lipinski definition) is 0. The number of nitriles is 1. The summed E-state index contributed by atoms with van der Waals surface area (Å²) in [6.07, 6.45) is 0. The molecule has 0 N–H and O–H groups in total. The SMILES string of the molecule is N#CCN1CCN(Cc2cc(F)ccc2Cl)CC1. The third-order valence-electron chi connectivity index (χ3n) is 3.16. The molecule has 0 bridgehead atoms. The first-order valence-electron chi connectivity index (χ1n) is 5.94. The van der Waals surface area contributed by atoms with Gasteiger partial charge in [0.05, 0.1) is 12.6 Å². The van der Waals surface area contributed by atoms with Crippen molar-refractivity contribution in [1.29, 1.82) is 5.26 Å². The zero-order chi connectivity index (χ0) is 13.0. The summed E-state index contributed by atoms with van der Waals surface area (Å²) in [4.78, 5) is 4.35. The van der Waals surface area contributed by atoms with Gasteiger partial charge in [0, 0.05) is 37.7 Å². The van der Waals surface area contributed by atoms with E-state index in [4.69, 9.17) is 16.9 Å². The minimum atomic E-state index is -0.252. The number of rotatable bonds is 3. The van der Waals surface area contributed by atoms with E-state index >= 15 is 0 Å². The summed E-state index contributed by atoms with van der Waals surface area (Å²) in [7, 11) is 0. The molecule has 1 fully saturated rings. The molecule has 0 aliphatic carbocycles. The zero-order valence-corrected chi connectivity index (χ0v) is 10.8. The molecule has 1 aliphatic heterocycles. The van der Waals surface area contributed by atoms with E-state index in [0.717, 1.165) is 31.7 Å². The second kappa shape index (κ2) is 6.14. The van der Waals surface area contributed by atoms with Gasteiger partial charge in [-0.2, -0.15) is 5.26 Å². The second-order valence-corrected chi connectivity index (χ2v) is 4.85. The smallest absolute Gasteiger partial charge is 0.123 e. The first kappa shape index (κ1) is 13.3. The largest absolute Gasteiger partial charge is 0.296 e. The highest BCUT2D eigenvalue weighted by Gasteiger charge is 2.17. The lowest BCUT2D eigenvalue weighted by atomic mass is 10.2. The maximum atomic E-state index is 13.1. The summed E-state index contributed by atoms with van der Waals surface area (Å²) < 4.78 is 13.1. The van der Waals surface area contributed by atoms with E-state index in [0.29, 0.717) is 18.1 Å². The Morgan fingerprint density at radius 2 is 1.89 bits per heavy atom. The minimum absolute atomic E-state index is 0.252. The summed E-state index contributed by atoms with van der Waals surface area (Å²) in [5.74, 6) is -0.252. The average molecular weight is 268 g/mol. The summed E-state index contributed by atoms with van der Waals surface area (Å²) >= 11 is 6.05. The van der Waals surface area contributed by atoms with E-state index in [1.165, 1.54) is 12.1 Å². The van der Waals surface area contributed by atoms with Gasteiger partial charge in [-0.05, 0) is 23.8 Å². The molecule has 1 heterocycles. The Balaban J connectivity index is 1.92. The van der Waals surface area contributed by atoms with Crippen LogP contribution in [0, 0.1) is 17.1 Å². The summed E-state index contributed by atoms with van der Waals surface area (Å²) in [6.45, 7) is 4.66. The van der Waals surface area contributed by atoms with Gasteiger partial charge in [0.25, 0.3) is 0 Å². The van der Waals surface area contributed by atoms with Gasteiger partial charge in [-0.15, -0.1) is 0 Å². The maximum Gasteiger partial charge on any atom is 0.123 e. The molecular weight excluding hydrogens is 253 g/mol. The number of piperazine rings is 1. The first-order valence-corrected chi connectivity index (χ1v) is 6.32. The van der Waals surface area contributed by atoms with Gasteiger partial charge >= 0.3 is 0 Å². The second-order valence-electron chi connectivity index (χ2n) is 4.45. The molecule has 0 amide bonds. The van der Waals surface area contributed by atoms with E-state index in [1.54, 1.807) is 6.07 Å². The molecular formula is C13H15ClFN3. The highest BCUT2D eigenvalue weighted by molar-refractivity contribution is 6.31. The lowest BCUT2D eigenvalue weighted by molar-refractivity contribution is 0.138. The minimum Gasteiger partial charge on any atom is -0.296 e. The normalized spacial score (nSPS) is 17.6. The fourth-order valence-corrected chi connectivity index (χ4v) is 2.29. The van der Waals surface area contributed by atoms with Crippen molar-refractivity contribution in [3.63, 3.8) is 0 Å². The molecule has 0 spiro atoms. The van der Waals surface area contributed by atoms with Crippen LogP contribution in [0.5, 0.6) is 0 Å². The standard InChI is InChI=1S/C13H15ClFN3/c14-13-2-1-12(15)9-11(13)10-18-7-5-17(4-3-16)6-8-18/h1-2,9H,4-8,10H2. The molecule has 0 radical (unpaired) electrons. The third-order valence-corrected chi connectivity index (χ3v) is 3.53. The van der Waals surface area contributed by atoms with Gasteiger partial charge in [-0.3, -0.25) is 9.80 Å². The van der Waals surface area contributed by atoms with E-state index in [1.807, 2.05) is 0 Å². The zero-order valence-electron chi connectivity index (χ0n) is 10.1. The van der Waals surface area contributed by atoms with Crippen LogP contribution in [0.25, 0.3) is 0 Å². The van der Waals surface area contributed by atoms with Crippen molar-refractivity contribution in [2.45, 2.75) is 6.54 Å². The van der Waals surface area contributed by atoms with Crippen molar-refractivity contribution in [1.82, 2.24) is 9.80 Å². The van der Waals surface area contributed by atoms with Gasteiger partial charge < -0.3 is 0 Å². The maximum absolute atomic E-state index is 13.1. The topological polar surface area (TPSA) is 30.3 Å². The molecule has 96 valence electrons. The molecule has 1 aliphatic rings. The van der Waals surface area contributed by atoms with Crippen LogP contribution in [0.4, 0.5) is 4.39 Å². The Kier molecular flexibility index (Phi) is 4.54. The van der Waals surface area contributed by atoms with Crippen molar-refractivity contribution >= 4 is 11.6 Å². The summed E-state index contributed by atoms with van der Waals surface area (Å²) in [5, 5.41) is 9.23. The molecule has 1 aromatic rings. The Labute approximate surface area is 111 Å². The van der Waals surface area contributed by atoms with Crippen molar-refractivity contribution in [2.24, 2.45) is 0 Å². The number of halogens is 2. The predicted octanol–water partition coefficient (Wildman–Crippen LogP) is 2.12. The molecule has 0 saturated carbocycles. The van der Waals surface area contributed by atoms with E-state index in [-0.39, 0.29) is 5.82 Å². The van der Waals surface area contributed by atoms with Crippen molar-refractivity contribution in [2.75, 3.05) is 32.7 Å². The molecule has 2 rings (SSSR count). The summed E-state index contributed by atoms with van der Waals surface area (Å²) in [6, 6.07) is 6.61. The third kappa shape index (κ3) is 3.42. The quantitative estimate of drug-likeness (QED) is 0.786. The fraction of sp³-hybridized carbons (Fsp3) is 0.462. The van der Waals surface area contributed by atoms with Crippen LogP contribution in [-0.2, 0) is 6.54 Å². The highest BCUT2D eigenvalue weighted by atomic mass is 35.5. The molecule has 18 heavy (non-hydrogen) atoms. The molecule has 3 nitrogen and oxygen atoms in total. The van der Waals surface area contributed by atoms with Crippen LogP contribution < -0.4 is 0 Å². The van der Waals surface area contributed by atoms with Gasteiger partial charge in [0.1, 0.15) is 5.82 Å². The number of nitrogens with zero attached hydrogens (tertiary/aromatic N) is 3. The number of benzene rings is 1. The average Bonchev–Trinajstić information content (AvgIpc) is 2.37. The van der Waals surface area contributed by atoms with E-state index in [9.17, 15) is 4.39 Å². The van der Waals surface area contributed by atoms with Crippen molar-refractivity contribution in [3.05, 3.63) is 34.6 Å². The fourth-order valence-electron chi connectivity index (χ4n) is 2.11. The summed E-state index contributed by atoms with van der Waals surface area (Å²) in [5.41, 5.74) is 0.824. The van der Waals surface area contributed by atoms with Gasteiger partial charge in [0.15, 0.2) is 0 Å². The van der Waals surface area contributed by atoms with Crippen LogP contribution in [0.2, 0.25) is 5.02 Å². The van der Waals surface area contributed by atoms with Gasteiger partial charge in [-0.1, -0.05) is 11.6 Å². The van der Waals surface area contributed by atoms with E-state index < -0.39 is 0 Å². The predicted molar refractivity (Wildman–Crippen MR) is 68.7 cm³/mol. The van der Waals surface area contributed by atoms with Crippen LogP contribution in [0.15, 0.2) is 18.2 Å². The Morgan fingerprint density at radius 1 is 1.22 bits per heavy atom. The highest BCUT2D eigenvalue weighted by Crippen LogP contribution is 2.19.